The molecule has 0 atom stereocenters. The number of aliphatic hydroxyl groups is 1. The zero-order chi connectivity index (χ0) is 9.52. The highest BCUT2D eigenvalue weighted by Crippen LogP contribution is 2.17. The van der Waals surface area contributed by atoms with Crippen LogP contribution in [-0.2, 0) is 4.79 Å². The van der Waals surface area contributed by atoms with Gasteiger partial charge >= 0.3 is 0 Å². The number of nitrogens with one attached hydrogen (secondary N) is 1. The van der Waals surface area contributed by atoms with Crippen LogP contribution >= 0.6 is 0 Å². The van der Waals surface area contributed by atoms with Crippen molar-refractivity contribution < 1.29 is 9.90 Å². The first-order valence-corrected chi connectivity index (χ1v) is 5.23. The SMILES string of the molecule is O=C(CCCO)NC1CCCCC1. The van der Waals surface area contributed by atoms with Crippen molar-refractivity contribution in [2.45, 2.75) is 51.0 Å². The molecular formula is C10H19NO2. The van der Waals surface area contributed by atoms with Crippen LogP contribution in [0.5, 0.6) is 0 Å². The molecule has 0 aliphatic heterocycles. The highest BCUT2D eigenvalue weighted by atomic mass is 16.3. The summed E-state index contributed by atoms with van der Waals surface area (Å²) in [4.78, 5) is 11.2. The molecular weight excluding hydrogens is 166 g/mol. The van der Waals surface area contributed by atoms with Gasteiger partial charge in [-0.2, -0.15) is 0 Å². The first-order chi connectivity index (χ1) is 6.33. The van der Waals surface area contributed by atoms with Crippen LogP contribution in [0.2, 0.25) is 0 Å². The van der Waals surface area contributed by atoms with E-state index in [0.717, 1.165) is 12.8 Å². The third-order valence-corrected chi connectivity index (χ3v) is 2.53. The largest absolute Gasteiger partial charge is 0.396 e. The zero-order valence-corrected chi connectivity index (χ0v) is 8.09. The Morgan fingerprint density at radius 3 is 2.62 bits per heavy atom. The summed E-state index contributed by atoms with van der Waals surface area (Å²) in [5.74, 6) is 0.0981. The highest BCUT2D eigenvalue weighted by Gasteiger charge is 2.14. The summed E-state index contributed by atoms with van der Waals surface area (Å²) in [7, 11) is 0. The van der Waals surface area contributed by atoms with Crippen molar-refractivity contribution in [1.29, 1.82) is 0 Å². The lowest BCUT2D eigenvalue weighted by atomic mass is 9.95. The van der Waals surface area contributed by atoms with E-state index in [2.05, 4.69) is 5.32 Å². The minimum Gasteiger partial charge on any atom is -0.396 e. The predicted octanol–water partition coefficient (Wildman–Crippen LogP) is 1.21. The Morgan fingerprint density at radius 2 is 2.00 bits per heavy atom. The maximum atomic E-state index is 11.2. The third-order valence-electron chi connectivity index (χ3n) is 2.53. The first kappa shape index (κ1) is 10.5. The van der Waals surface area contributed by atoms with Crippen molar-refractivity contribution in [1.82, 2.24) is 5.32 Å². The van der Waals surface area contributed by atoms with Gasteiger partial charge in [0.05, 0.1) is 0 Å². The third kappa shape index (κ3) is 4.27. The molecule has 0 saturated heterocycles. The van der Waals surface area contributed by atoms with Gasteiger partial charge in [0.25, 0.3) is 0 Å². The number of carbonyl (C=O) groups is 1. The second-order valence-corrected chi connectivity index (χ2v) is 3.73. The van der Waals surface area contributed by atoms with E-state index in [0.29, 0.717) is 18.9 Å². The van der Waals surface area contributed by atoms with Gasteiger partial charge in [0.1, 0.15) is 0 Å². The van der Waals surface area contributed by atoms with Gasteiger partial charge in [0.15, 0.2) is 0 Å². The van der Waals surface area contributed by atoms with E-state index >= 15 is 0 Å². The first-order valence-electron chi connectivity index (χ1n) is 5.23. The molecule has 3 heteroatoms. The molecule has 0 aromatic rings. The van der Waals surface area contributed by atoms with Crippen molar-refractivity contribution in [3.8, 4) is 0 Å². The van der Waals surface area contributed by atoms with Gasteiger partial charge in [-0.1, -0.05) is 19.3 Å². The van der Waals surface area contributed by atoms with Crippen LogP contribution < -0.4 is 5.32 Å². The van der Waals surface area contributed by atoms with Gasteiger partial charge in [-0.15, -0.1) is 0 Å². The van der Waals surface area contributed by atoms with Crippen LogP contribution in [0.15, 0.2) is 0 Å². The number of hydrogen-bond acceptors (Lipinski definition) is 2. The van der Waals surface area contributed by atoms with E-state index in [4.69, 9.17) is 5.11 Å². The summed E-state index contributed by atoms with van der Waals surface area (Å²) in [6, 6.07) is 0.403. The van der Waals surface area contributed by atoms with E-state index in [9.17, 15) is 4.79 Å². The smallest absolute Gasteiger partial charge is 0.220 e. The van der Waals surface area contributed by atoms with E-state index < -0.39 is 0 Å². The molecule has 1 amide bonds. The van der Waals surface area contributed by atoms with Crippen LogP contribution in [0, 0.1) is 0 Å². The summed E-state index contributed by atoms with van der Waals surface area (Å²) >= 11 is 0. The summed E-state index contributed by atoms with van der Waals surface area (Å²) in [5, 5.41) is 11.5. The second kappa shape index (κ2) is 5.97. The Hall–Kier alpha value is -0.570. The van der Waals surface area contributed by atoms with Crippen LogP contribution in [-0.4, -0.2) is 23.7 Å². The average molecular weight is 185 g/mol. The van der Waals surface area contributed by atoms with Crippen LogP contribution in [0.3, 0.4) is 0 Å². The molecule has 1 saturated carbocycles. The molecule has 0 aromatic carbocycles. The molecule has 2 N–H and O–H groups in total. The van der Waals surface area contributed by atoms with Gasteiger partial charge < -0.3 is 10.4 Å². The number of hydrogen-bond donors (Lipinski definition) is 2. The van der Waals surface area contributed by atoms with Gasteiger partial charge in [0, 0.05) is 19.1 Å². The lowest BCUT2D eigenvalue weighted by molar-refractivity contribution is -0.122. The molecule has 0 heterocycles. The fourth-order valence-electron chi connectivity index (χ4n) is 1.79. The van der Waals surface area contributed by atoms with E-state index in [1.54, 1.807) is 0 Å². The fraction of sp³-hybridized carbons (Fsp3) is 0.900. The zero-order valence-electron chi connectivity index (χ0n) is 8.09. The average Bonchev–Trinajstić information content (AvgIpc) is 2.16. The predicted molar refractivity (Wildman–Crippen MR) is 51.3 cm³/mol. The molecule has 1 aliphatic carbocycles. The summed E-state index contributed by atoms with van der Waals surface area (Å²) < 4.78 is 0. The standard InChI is InChI=1S/C10H19NO2/c12-8-4-7-10(13)11-9-5-2-1-3-6-9/h9,12H,1-8H2,(H,11,13). The Labute approximate surface area is 79.5 Å². The van der Waals surface area contributed by atoms with Gasteiger partial charge in [-0.25, -0.2) is 0 Å². The van der Waals surface area contributed by atoms with E-state index in [-0.39, 0.29) is 12.5 Å². The van der Waals surface area contributed by atoms with Crippen LogP contribution in [0.1, 0.15) is 44.9 Å². The molecule has 13 heavy (non-hydrogen) atoms. The molecule has 0 aromatic heterocycles. The summed E-state index contributed by atoms with van der Waals surface area (Å²) in [5.41, 5.74) is 0. The topological polar surface area (TPSA) is 49.3 Å². The van der Waals surface area contributed by atoms with Crippen molar-refractivity contribution in [3.05, 3.63) is 0 Å². The van der Waals surface area contributed by atoms with Gasteiger partial charge in [-0.05, 0) is 19.3 Å². The number of amides is 1. The molecule has 0 bridgehead atoms. The van der Waals surface area contributed by atoms with E-state index in [1.807, 2.05) is 0 Å². The monoisotopic (exact) mass is 185 g/mol. The lowest BCUT2D eigenvalue weighted by Gasteiger charge is -2.22. The molecule has 0 spiro atoms. The van der Waals surface area contributed by atoms with E-state index in [1.165, 1.54) is 19.3 Å². The summed E-state index contributed by atoms with van der Waals surface area (Å²) in [6.07, 6.45) is 7.10. The number of rotatable bonds is 4. The normalized spacial score (nSPS) is 18.5. The summed E-state index contributed by atoms with van der Waals surface area (Å²) in [6.45, 7) is 0.109. The minimum absolute atomic E-state index is 0.0981. The Morgan fingerprint density at radius 1 is 1.31 bits per heavy atom. The molecule has 0 unspecified atom stereocenters. The number of carbonyl (C=O) groups excluding carboxylic acids is 1. The Balaban J connectivity index is 2.11. The molecule has 1 rings (SSSR count). The number of aliphatic hydroxyl groups excluding tert-OH is 1. The quantitative estimate of drug-likeness (QED) is 0.691. The second-order valence-electron chi connectivity index (χ2n) is 3.73. The minimum atomic E-state index is 0.0981. The molecule has 0 radical (unpaired) electrons. The fourth-order valence-corrected chi connectivity index (χ4v) is 1.79. The van der Waals surface area contributed by atoms with Gasteiger partial charge in [-0.3, -0.25) is 4.79 Å². The maximum Gasteiger partial charge on any atom is 0.220 e. The Kier molecular flexibility index (Phi) is 4.83. The van der Waals surface area contributed by atoms with Crippen LogP contribution in [0.25, 0.3) is 0 Å². The molecule has 1 aliphatic rings. The molecule has 1 fully saturated rings. The highest BCUT2D eigenvalue weighted by molar-refractivity contribution is 5.76. The van der Waals surface area contributed by atoms with Crippen molar-refractivity contribution >= 4 is 5.91 Å². The molecule has 76 valence electrons. The maximum absolute atomic E-state index is 11.2. The molecule has 3 nitrogen and oxygen atoms in total. The Bertz CT molecular complexity index is 153. The van der Waals surface area contributed by atoms with Gasteiger partial charge in [0.2, 0.25) is 5.91 Å². The van der Waals surface area contributed by atoms with Crippen molar-refractivity contribution in [3.63, 3.8) is 0 Å². The van der Waals surface area contributed by atoms with Crippen molar-refractivity contribution in [2.24, 2.45) is 0 Å². The van der Waals surface area contributed by atoms with Crippen molar-refractivity contribution in [2.75, 3.05) is 6.61 Å². The van der Waals surface area contributed by atoms with Crippen LogP contribution in [0.4, 0.5) is 0 Å². The lowest BCUT2D eigenvalue weighted by Crippen LogP contribution is -2.36.